The van der Waals surface area contributed by atoms with Gasteiger partial charge in [-0.1, -0.05) is 23.7 Å². The Hall–Kier alpha value is -1.06. The van der Waals surface area contributed by atoms with Crippen LogP contribution in [-0.2, 0) is 4.79 Å². The van der Waals surface area contributed by atoms with Crippen molar-refractivity contribution in [2.24, 2.45) is 0 Å². The minimum Gasteiger partial charge on any atom is -0.480 e. The van der Waals surface area contributed by atoms with E-state index in [0.29, 0.717) is 11.4 Å². The first kappa shape index (κ1) is 13.4. The lowest BCUT2D eigenvalue weighted by Crippen LogP contribution is -2.48. The highest BCUT2D eigenvalue weighted by molar-refractivity contribution is 6.30. The fraction of sp³-hybridized carbons (Fsp3) is 0.500. The first-order chi connectivity index (χ1) is 8.45. The third kappa shape index (κ3) is 2.25. The van der Waals surface area contributed by atoms with Gasteiger partial charge in [0.25, 0.3) is 0 Å². The highest BCUT2D eigenvalue weighted by Gasteiger charge is 2.45. The van der Waals surface area contributed by atoms with Gasteiger partial charge in [-0.2, -0.15) is 0 Å². The number of aliphatic carboxylic acids is 1. The third-order valence-electron chi connectivity index (χ3n) is 3.98. The number of nitrogens with zero attached hydrogens (tertiary/aromatic N) is 1. The monoisotopic (exact) mass is 267 g/mol. The summed E-state index contributed by atoms with van der Waals surface area (Å²) in [6, 6.07) is 7.72. The molecule has 0 aliphatic carbocycles. The summed E-state index contributed by atoms with van der Waals surface area (Å²) < 4.78 is 0. The van der Waals surface area contributed by atoms with Crippen molar-refractivity contribution in [2.75, 3.05) is 6.54 Å². The zero-order valence-corrected chi connectivity index (χ0v) is 11.4. The maximum atomic E-state index is 11.5. The second-order valence-corrected chi connectivity index (χ2v) is 5.54. The first-order valence-electron chi connectivity index (χ1n) is 6.21. The van der Waals surface area contributed by atoms with Crippen LogP contribution in [0.15, 0.2) is 24.3 Å². The van der Waals surface area contributed by atoms with E-state index in [-0.39, 0.29) is 6.04 Å². The Kier molecular flexibility index (Phi) is 3.64. The molecule has 3 nitrogen and oxygen atoms in total. The van der Waals surface area contributed by atoms with Crippen LogP contribution in [0.4, 0.5) is 0 Å². The van der Waals surface area contributed by atoms with Crippen molar-refractivity contribution < 1.29 is 9.90 Å². The van der Waals surface area contributed by atoms with Gasteiger partial charge in [0.05, 0.1) is 0 Å². The Balaban J connectivity index is 2.25. The Morgan fingerprint density at radius 3 is 2.61 bits per heavy atom. The van der Waals surface area contributed by atoms with E-state index in [9.17, 15) is 9.90 Å². The topological polar surface area (TPSA) is 40.5 Å². The maximum Gasteiger partial charge on any atom is 0.323 e. The van der Waals surface area contributed by atoms with Crippen LogP contribution in [0.25, 0.3) is 0 Å². The van der Waals surface area contributed by atoms with E-state index in [4.69, 9.17) is 11.6 Å². The largest absolute Gasteiger partial charge is 0.480 e. The lowest BCUT2D eigenvalue weighted by Gasteiger charge is -2.36. The summed E-state index contributed by atoms with van der Waals surface area (Å²) in [6.07, 6.45) is 1.64. The zero-order valence-electron chi connectivity index (χ0n) is 10.7. The van der Waals surface area contributed by atoms with Crippen LogP contribution in [0.5, 0.6) is 0 Å². The second kappa shape index (κ2) is 4.90. The van der Waals surface area contributed by atoms with Gasteiger partial charge in [0, 0.05) is 11.1 Å². The molecule has 1 aromatic rings. The lowest BCUT2D eigenvalue weighted by molar-refractivity contribution is -0.149. The minimum absolute atomic E-state index is 0.0888. The van der Waals surface area contributed by atoms with Crippen molar-refractivity contribution in [3.8, 4) is 0 Å². The molecule has 18 heavy (non-hydrogen) atoms. The van der Waals surface area contributed by atoms with E-state index in [0.717, 1.165) is 18.5 Å². The summed E-state index contributed by atoms with van der Waals surface area (Å²) in [7, 11) is 0. The van der Waals surface area contributed by atoms with Crippen molar-refractivity contribution in [2.45, 2.75) is 38.3 Å². The number of hydrogen-bond donors (Lipinski definition) is 1. The van der Waals surface area contributed by atoms with Crippen molar-refractivity contribution >= 4 is 17.6 Å². The minimum atomic E-state index is -0.751. The second-order valence-electron chi connectivity index (χ2n) is 5.10. The lowest BCUT2D eigenvalue weighted by atomic mass is 9.96. The molecule has 98 valence electrons. The van der Waals surface area contributed by atoms with Crippen LogP contribution in [0.2, 0.25) is 5.02 Å². The fourth-order valence-corrected chi connectivity index (χ4v) is 2.88. The van der Waals surface area contributed by atoms with Gasteiger partial charge >= 0.3 is 5.97 Å². The summed E-state index contributed by atoms with van der Waals surface area (Å²) in [6.45, 7) is 4.69. The molecule has 1 N–H and O–H groups in total. The van der Waals surface area contributed by atoms with Gasteiger partial charge in [-0.3, -0.25) is 9.69 Å². The van der Waals surface area contributed by atoms with Crippen LogP contribution in [0.3, 0.4) is 0 Å². The molecule has 2 rings (SSSR count). The number of carboxylic acid groups (broad SMARTS) is 1. The molecule has 4 heteroatoms. The highest BCUT2D eigenvalue weighted by atomic mass is 35.5. The molecule has 0 radical (unpaired) electrons. The van der Waals surface area contributed by atoms with Crippen LogP contribution in [0, 0.1) is 0 Å². The van der Waals surface area contributed by atoms with E-state index in [2.05, 4.69) is 11.8 Å². The average Bonchev–Trinajstić information content (AvgIpc) is 2.73. The molecule has 1 heterocycles. The summed E-state index contributed by atoms with van der Waals surface area (Å²) in [4.78, 5) is 13.5. The molecule has 1 aromatic carbocycles. The molecule has 1 aliphatic heterocycles. The van der Waals surface area contributed by atoms with E-state index in [1.165, 1.54) is 0 Å². The van der Waals surface area contributed by atoms with Crippen LogP contribution < -0.4 is 0 Å². The molecule has 1 fully saturated rings. The number of likely N-dealkylation sites (tertiary alicyclic amines) is 1. The van der Waals surface area contributed by atoms with Crippen LogP contribution in [-0.4, -0.2) is 28.1 Å². The number of carbonyl (C=O) groups is 1. The van der Waals surface area contributed by atoms with Crippen molar-refractivity contribution in [3.63, 3.8) is 0 Å². The Labute approximate surface area is 112 Å². The average molecular weight is 268 g/mol. The van der Waals surface area contributed by atoms with Gasteiger partial charge in [0.2, 0.25) is 0 Å². The molecule has 0 bridgehead atoms. The number of halogens is 1. The number of hydrogen-bond acceptors (Lipinski definition) is 2. The molecule has 2 unspecified atom stereocenters. The van der Waals surface area contributed by atoms with E-state index in [1.54, 1.807) is 0 Å². The Bertz CT molecular complexity index is 446. The molecule has 2 atom stereocenters. The quantitative estimate of drug-likeness (QED) is 0.913. The number of carboxylic acids is 1. The van der Waals surface area contributed by atoms with Gasteiger partial charge in [-0.05, 0) is 50.9 Å². The van der Waals surface area contributed by atoms with Gasteiger partial charge in [0.15, 0.2) is 0 Å². The van der Waals surface area contributed by atoms with Crippen molar-refractivity contribution in [1.29, 1.82) is 0 Å². The van der Waals surface area contributed by atoms with Gasteiger partial charge in [0.1, 0.15) is 5.54 Å². The molecule has 0 spiro atoms. The van der Waals surface area contributed by atoms with E-state index < -0.39 is 11.5 Å². The van der Waals surface area contributed by atoms with Crippen molar-refractivity contribution in [3.05, 3.63) is 34.9 Å². The van der Waals surface area contributed by atoms with Crippen LogP contribution >= 0.6 is 11.6 Å². The molecular formula is C14H18ClNO2. The maximum absolute atomic E-state index is 11.5. The normalized spacial score (nSPS) is 26.2. The standard InChI is InChI=1S/C14H18ClNO2/c1-10(11-4-6-12(15)7-5-11)16-9-3-8-14(16,2)13(17)18/h4-7,10H,3,8-9H2,1-2H3,(H,17,18). The molecule has 0 saturated carbocycles. The fourth-order valence-electron chi connectivity index (χ4n) is 2.76. The van der Waals surface area contributed by atoms with E-state index >= 15 is 0 Å². The number of benzene rings is 1. The predicted molar refractivity (Wildman–Crippen MR) is 71.8 cm³/mol. The third-order valence-corrected chi connectivity index (χ3v) is 4.23. The Morgan fingerprint density at radius 1 is 1.44 bits per heavy atom. The van der Waals surface area contributed by atoms with E-state index in [1.807, 2.05) is 31.2 Å². The summed E-state index contributed by atoms with van der Waals surface area (Å²) in [5, 5.41) is 10.1. The zero-order chi connectivity index (χ0) is 13.3. The Morgan fingerprint density at radius 2 is 2.06 bits per heavy atom. The summed E-state index contributed by atoms with van der Waals surface area (Å²) in [5.74, 6) is -0.735. The van der Waals surface area contributed by atoms with Gasteiger partial charge in [-0.15, -0.1) is 0 Å². The molecular weight excluding hydrogens is 250 g/mol. The predicted octanol–water partition coefficient (Wildman–Crippen LogP) is 3.34. The SMILES string of the molecule is CC(c1ccc(Cl)cc1)N1CCCC1(C)C(=O)O. The smallest absolute Gasteiger partial charge is 0.323 e. The van der Waals surface area contributed by atoms with Crippen LogP contribution in [0.1, 0.15) is 38.3 Å². The molecule has 1 saturated heterocycles. The highest BCUT2D eigenvalue weighted by Crippen LogP contribution is 2.37. The van der Waals surface area contributed by atoms with Gasteiger partial charge in [-0.25, -0.2) is 0 Å². The summed E-state index contributed by atoms with van der Waals surface area (Å²) in [5.41, 5.74) is 0.354. The molecule has 1 aliphatic rings. The molecule has 0 amide bonds. The molecule has 0 aromatic heterocycles. The first-order valence-corrected chi connectivity index (χ1v) is 6.58. The number of rotatable bonds is 3. The van der Waals surface area contributed by atoms with Crippen molar-refractivity contribution in [1.82, 2.24) is 4.90 Å². The van der Waals surface area contributed by atoms with Gasteiger partial charge < -0.3 is 5.11 Å². The summed E-state index contributed by atoms with van der Waals surface area (Å²) >= 11 is 5.87.